The monoisotopic (exact) mass is 426 g/mol. The van der Waals surface area contributed by atoms with E-state index in [4.69, 9.17) is 14.4 Å². The summed E-state index contributed by atoms with van der Waals surface area (Å²) >= 11 is 0. The van der Waals surface area contributed by atoms with E-state index in [-0.39, 0.29) is 13.2 Å². The number of benzene rings is 1. The van der Waals surface area contributed by atoms with Crippen LogP contribution in [0.5, 0.6) is 5.75 Å². The van der Waals surface area contributed by atoms with E-state index in [1.165, 1.54) is 0 Å². The number of aliphatic hydroxyl groups is 2. The van der Waals surface area contributed by atoms with Gasteiger partial charge in [-0.15, -0.1) is 0 Å². The molecule has 0 radical (unpaired) electrons. The van der Waals surface area contributed by atoms with E-state index in [1.54, 1.807) is 6.20 Å². The minimum atomic E-state index is -0.913. The molecule has 1 atom stereocenters. The van der Waals surface area contributed by atoms with E-state index < -0.39 is 6.10 Å². The standard InChI is InChI=1S/C23H30N4O4/c1-6-16-10-17(8-14(3)20(16)30-13-19(29)12-28)21-25-23(31-26-21)18-9-15(4)22(24-11-18)27(5)7-2/h8-11,19,28-29H,6-7,12-13H2,1-5H3. The van der Waals surface area contributed by atoms with Gasteiger partial charge in [0.2, 0.25) is 5.82 Å². The molecule has 8 nitrogen and oxygen atoms in total. The predicted molar refractivity (Wildman–Crippen MR) is 119 cm³/mol. The Balaban J connectivity index is 1.88. The SMILES string of the molecule is CCc1cc(-c2noc(-c3cnc(N(C)CC)c(C)c3)n2)cc(C)c1OCC(O)CO. The van der Waals surface area contributed by atoms with Gasteiger partial charge in [-0.25, -0.2) is 4.98 Å². The van der Waals surface area contributed by atoms with Crippen LogP contribution in [0.1, 0.15) is 30.5 Å². The highest BCUT2D eigenvalue weighted by Gasteiger charge is 2.17. The van der Waals surface area contributed by atoms with Crippen molar-refractivity contribution >= 4 is 5.82 Å². The third-order valence-electron chi connectivity index (χ3n) is 5.18. The number of nitrogens with zero attached hydrogens (tertiary/aromatic N) is 4. The van der Waals surface area contributed by atoms with Crippen molar-refractivity contribution in [2.75, 3.05) is 31.7 Å². The van der Waals surface area contributed by atoms with Crippen LogP contribution in [0, 0.1) is 13.8 Å². The first-order chi connectivity index (χ1) is 14.9. The highest BCUT2D eigenvalue weighted by atomic mass is 16.5. The first-order valence-corrected chi connectivity index (χ1v) is 10.4. The van der Waals surface area contributed by atoms with Crippen molar-refractivity contribution in [2.45, 2.75) is 40.2 Å². The molecule has 3 rings (SSSR count). The van der Waals surface area contributed by atoms with Crippen LogP contribution in [0.15, 0.2) is 28.9 Å². The fourth-order valence-electron chi connectivity index (χ4n) is 3.37. The van der Waals surface area contributed by atoms with Crippen molar-refractivity contribution in [2.24, 2.45) is 0 Å². The molecular weight excluding hydrogens is 396 g/mol. The molecule has 0 aliphatic heterocycles. The zero-order chi connectivity index (χ0) is 22.5. The van der Waals surface area contributed by atoms with E-state index in [9.17, 15) is 5.11 Å². The van der Waals surface area contributed by atoms with Crippen LogP contribution >= 0.6 is 0 Å². The average Bonchev–Trinajstić information content (AvgIpc) is 3.27. The predicted octanol–water partition coefficient (Wildman–Crippen LogP) is 3.17. The maximum Gasteiger partial charge on any atom is 0.259 e. The van der Waals surface area contributed by atoms with Crippen LogP contribution in [-0.2, 0) is 6.42 Å². The summed E-state index contributed by atoms with van der Waals surface area (Å²) in [5.74, 6) is 2.54. The second-order valence-electron chi connectivity index (χ2n) is 7.58. The van der Waals surface area contributed by atoms with E-state index in [0.717, 1.165) is 46.6 Å². The van der Waals surface area contributed by atoms with Crippen LogP contribution in [0.25, 0.3) is 22.8 Å². The molecule has 2 heterocycles. The Kier molecular flexibility index (Phi) is 7.25. The highest BCUT2D eigenvalue weighted by Crippen LogP contribution is 2.31. The Bertz CT molecular complexity index is 1030. The van der Waals surface area contributed by atoms with Gasteiger partial charge in [0.25, 0.3) is 5.89 Å². The maximum atomic E-state index is 9.58. The van der Waals surface area contributed by atoms with Crippen molar-refractivity contribution in [1.82, 2.24) is 15.1 Å². The number of aliphatic hydroxyl groups excluding tert-OH is 2. The van der Waals surface area contributed by atoms with Crippen molar-refractivity contribution in [3.8, 4) is 28.6 Å². The molecule has 31 heavy (non-hydrogen) atoms. The zero-order valence-electron chi connectivity index (χ0n) is 18.7. The summed E-state index contributed by atoms with van der Waals surface area (Å²) in [4.78, 5) is 11.2. The van der Waals surface area contributed by atoms with Crippen LogP contribution in [0.3, 0.4) is 0 Å². The third-order valence-corrected chi connectivity index (χ3v) is 5.18. The number of hydrogen-bond acceptors (Lipinski definition) is 8. The van der Waals surface area contributed by atoms with Crippen LogP contribution in [0.2, 0.25) is 0 Å². The van der Waals surface area contributed by atoms with Crippen LogP contribution < -0.4 is 9.64 Å². The third kappa shape index (κ3) is 5.03. The van der Waals surface area contributed by atoms with Crippen molar-refractivity contribution < 1.29 is 19.5 Å². The Morgan fingerprint density at radius 1 is 1.13 bits per heavy atom. The molecule has 1 aromatic carbocycles. The van der Waals surface area contributed by atoms with Crippen LogP contribution in [-0.4, -0.2) is 58.2 Å². The number of ether oxygens (including phenoxy) is 1. The minimum absolute atomic E-state index is 0.0333. The van der Waals surface area contributed by atoms with Gasteiger partial charge in [0, 0.05) is 25.4 Å². The summed E-state index contributed by atoms with van der Waals surface area (Å²) in [6.45, 7) is 8.62. The molecule has 0 fully saturated rings. The summed E-state index contributed by atoms with van der Waals surface area (Å²) in [6.07, 6.45) is 1.57. The number of anilines is 1. The van der Waals surface area contributed by atoms with Gasteiger partial charge < -0.3 is 24.4 Å². The largest absolute Gasteiger partial charge is 0.490 e. The molecule has 3 aromatic rings. The minimum Gasteiger partial charge on any atom is -0.490 e. The quantitative estimate of drug-likeness (QED) is 0.538. The highest BCUT2D eigenvalue weighted by molar-refractivity contribution is 5.64. The smallest absolute Gasteiger partial charge is 0.259 e. The second-order valence-corrected chi connectivity index (χ2v) is 7.58. The first kappa shape index (κ1) is 22.7. The summed E-state index contributed by atoms with van der Waals surface area (Å²) in [5.41, 5.74) is 4.50. The summed E-state index contributed by atoms with van der Waals surface area (Å²) in [6, 6.07) is 5.89. The normalized spacial score (nSPS) is 12.1. The van der Waals surface area contributed by atoms with Gasteiger partial charge in [-0.05, 0) is 62.1 Å². The van der Waals surface area contributed by atoms with Gasteiger partial charge in [-0.2, -0.15) is 4.98 Å². The summed E-state index contributed by atoms with van der Waals surface area (Å²) in [5, 5.41) is 22.8. The van der Waals surface area contributed by atoms with Gasteiger partial charge in [0.15, 0.2) is 0 Å². The fraction of sp³-hybridized carbons (Fsp3) is 0.435. The van der Waals surface area contributed by atoms with Gasteiger partial charge in [0.1, 0.15) is 24.3 Å². The van der Waals surface area contributed by atoms with E-state index in [0.29, 0.717) is 17.5 Å². The zero-order valence-corrected chi connectivity index (χ0v) is 18.7. The molecule has 0 bridgehead atoms. The molecule has 0 aliphatic carbocycles. The Hall–Kier alpha value is -2.97. The maximum absolute atomic E-state index is 9.58. The molecule has 2 aromatic heterocycles. The number of aromatic nitrogens is 3. The molecule has 0 aliphatic rings. The Labute approximate surface area is 182 Å². The van der Waals surface area contributed by atoms with E-state index in [2.05, 4.69) is 26.9 Å². The molecule has 2 N–H and O–H groups in total. The van der Waals surface area contributed by atoms with E-state index >= 15 is 0 Å². The van der Waals surface area contributed by atoms with Crippen molar-refractivity contribution in [3.05, 3.63) is 41.1 Å². The lowest BCUT2D eigenvalue weighted by Gasteiger charge is -2.17. The molecule has 1 unspecified atom stereocenters. The number of aryl methyl sites for hydroxylation is 3. The van der Waals surface area contributed by atoms with E-state index in [1.807, 2.05) is 46.0 Å². The fourth-order valence-corrected chi connectivity index (χ4v) is 3.37. The molecule has 0 spiro atoms. The lowest BCUT2D eigenvalue weighted by molar-refractivity contribution is 0.0531. The summed E-state index contributed by atoms with van der Waals surface area (Å²) in [7, 11) is 2.01. The molecule has 0 saturated carbocycles. The average molecular weight is 427 g/mol. The number of pyridine rings is 1. The van der Waals surface area contributed by atoms with Gasteiger partial charge in [-0.1, -0.05) is 12.1 Å². The van der Waals surface area contributed by atoms with Crippen molar-refractivity contribution in [3.63, 3.8) is 0 Å². The van der Waals surface area contributed by atoms with Crippen LogP contribution in [0.4, 0.5) is 5.82 Å². The summed E-state index contributed by atoms with van der Waals surface area (Å²) < 4.78 is 11.3. The Morgan fingerprint density at radius 2 is 1.87 bits per heavy atom. The first-order valence-electron chi connectivity index (χ1n) is 10.4. The number of rotatable bonds is 9. The van der Waals surface area contributed by atoms with Crippen molar-refractivity contribution in [1.29, 1.82) is 0 Å². The number of hydrogen-bond donors (Lipinski definition) is 2. The molecular formula is C23H30N4O4. The van der Waals surface area contributed by atoms with Gasteiger partial charge in [0.05, 0.1) is 12.2 Å². The lowest BCUT2D eigenvalue weighted by atomic mass is 10.0. The lowest BCUT2D eigenvalue weighted by Crippen LogP contribution is -2.22. The Morgan fingerprint density at radius 3 is 2.52 bits per heavy atom. The second kappa shape index (κ2) is 9.89. The molecule has 0 saturated heterocycles. The van der Waals surface area contributed by atoms with Gasteiger partial charge >= 0.3 is 0 Å². The molecule has 8 heteroatoms. The topological polar surface area (TPSA) is 105 Å². The molecule has 166 valence electrons. The van der Waals surface area contributed by atoms with Gasteiger partial charge in [-0.3, -0.25) is 0 Å². The molecule has 0 amide bonds.